The quantitative estimate of drug-likeness (QED) is 0.748. The van der Waals surface area contributed by atoms with Gasteiger partial charge in [-0.15, -0.1) is 0 Å². The number of hydrogen-bond donors (Lipinski definition) is 1. The van der Waals surface area contributed by atoms with Crippen molar-refractivity contribution in [1.29, 1.82) is 5.26 Å². The Morgan fingerprint density at radius 2 is 2.12 bits per heavy atom. The summed E-state index contributed by atoms with van der Waals surface area (Å²) < 4.78 is 10.9. The van der Waals surface area contributed by atoms with Crippen molar-refractivity contribution in [2.24, 2.45) is 0 Å². The van der Waals surface area contributed by atoms with Gasteiger partial charge >= 0.3 is 0 Å². The fraction of sp³-hybridized carbons (Fsp3) is 0.0526. The molecule has 0 radical (unpaired) electrons. The van der Waals surface area contributed by atoms with Gasteiger partial charge in [-0.2, -0.15) is 5.26 Å². The molecule has 0 amide bonds. The first-order chi connectivity index (χ1) is 11.8. The van der Waals surface area contributed by atoms with Gasteiger partial charge in [0, 0.05) is 28.7 Å². The first-order valence-corrected chi connectivity index (χ1v) is 7.40. The van der Waals surface area contributed by atoms with Crippen LogP contribution < -0.4 is 9.47 Å². The van der Waals surface area contributed by atoms with Crippen LogP contribution in [0.4, 0.5) is 0 Å². The number of nitriles is 1. The number of rotatable bonds is 3. The average Bonchev–Trinajstić information content (AvgIpc) is 3.15. The lowest BCUT2D eigenvalue weighted by molar-refractivity contribution is 0.101. The summed E-state index contributed by atoms with van der Waals surface area (Å²) in [4.78, 5) is 15.7. The molecule has 0 aliphatic carbocycles. The Morgan fingerprint density at radius 1 is 1.25 bits per heavy atom. The predicted octanol–water partition coefficient (Wildman–Crippen LogP) is 3.69. The minimum Gasteiger partial charge on any atom is -0.479 e. The number of ketones is 1. The van der Waals surface area contributed by atoms with E-state index in [0.717, 1.165) is 16.5 Å². The predicted molar refractivity (Wildman–Crippen MR) is 88.8 cm³/mol. The van der Waals surface area contributed by atoms with E-state index in [0.29, 0.717) is 17.1 Å². The van der Waals surface area contributed by atoms with Crippen molar-refractivity contribution in [3.8, 4) is 17.6 Å². The highest BCUT2D eigenvalue weighted by atomic mass is 16.5. The maximum Gasteiger partial charge on any atom is 0.231 e. The molecule has 2 aromatic carbocycles. The fourth-order valence-corrected chi connectivity index (χ4v) is 2.73. The number of hydrogen-bond acceptors (Lipinski definition) is 4. The molecule has 0 saturated carbocycles. The number of carbonyl (C=O) groups excluding carboxylic acids is 1. The van der Waals surface area contributed by atoms with Crippen LogP contribution in [0.15, 0.2) is 54.4 Å². The minimum absolute atomic E-state index is 0.0508. The lowest BCUT2D eigenvalue weighted by Crippen LogP contribution is -1.97. The van der Waals surface area contributed by atoms with Gasteiger partial charge in [-0.3, -0.25) is 4.79 Å². The molecule has 0 spiro atoms. The van der Waals surface area contributed by atoms with Crippen LogP contribution in [0.3, 0.4) is 0 Å². The molecule has 1 N–H and O–H groups in total. The number of nitrogens with one attached hydrogen (secondary N) is 1. The van der Waals surface area contributed by atoms with Crippen LogP contribution in [-0.2, 0) is 0 Å². The van der Waals surface area contributed by atoms with E-state index in [9.17, 15) is 4.79 Å². The van der Waals surface area contributed by atoms with Crippen molar-refractivity contribution >= 4 is 22.8 Å². The Hall–Kier alpha value is -3.52. The fourth-order valence-electron chi connectivity index (χ4n) is 2.73. The van der Waals surface area contributed by atoms with E-state index in [1.807, 2.05) is 36.5 Å². The van der Waals surface area contributed by atoms with Gasteiger partial charge in [-0.05, 0) is 24.3 Å². The van der Waals surface area contributed by atoms with Crippen LogP contribution >= 0.6 is 0 Å². The zero-order chi connectivity index (χ0) is 16.5. The lowest BCUT2D eigenvalue weighted by Gasteiger charge is -2.02. The van der Waals surface area contributed by atoms with E-state index < -0.39 is 0 Å². The van der Waals surface area contributed by atoms with Gasteiger partial charge in [0.15, 0.2) is 12.4 Å². The molecule has 24 heavy (non-hydrogen) atoms. The number of H-pyrrole nitrogens is 1. The number of Topliss-reactive ketones (excluding diaryl/α,β-unsaturated/α-hetero) is 1. The van der Waals surface area contributed by atoms with Crippen molar-refractivity contribution in [2.45, 2.75) is 0 Å². The van der Waals surface area contributed by atoms with E-state index >= 15 is 0 Å². The molecule has 0 fully saturated rings. The number of nitrogens with zero attached hydrogens (tertiary/aromatic N) is 1. The topological polar surface area (TPSA) is 75.1 Å². The number of para-hydroxylation sites is 1. The van der Waals surface area contributed by atoms with Gasteiger partial charge in [0.1, 0.15) is 17.6 Å². The molecule has 1 aliphatic rings. The molecule has 4 rings (SSSR count). The highest BCUT2D eigenvalue weighted by molar-refractivity contribution is 6.15. The molecule has 5 heteroatoms. The molecule has 0 atom stereocenters. The van der Waals surface area contributed by atoms with E-state index in [4.69, 9.17) is 14.7 Å². The van der Waals surface area contributed by atoms with Crippen molar-refractivity contribution in [1.82, 2.24) is 4.98 Å². The zero-order valence-corrected chi connectivity index (χ0v) is 12.6. The number of aromatic amines is 1. The summed E-state index contributed by atoms with van der Waals surface area (Å²) >= 11 is 0. The van der Waals surface area contributed by atoms with Crippen LogP contribution in [0.2, 0.25) is 0 Å². The Balaban J connectivity index is 1.68. The number of benzene rings is 2. The molecule has 1 aliphatic heterocycles. The Labute approximate surface area is 137 Å². The van der Waals surface area contributed by atoms with E-state index in [2.05, 4.69) is 4.98 Å². The monoisotopic (exact) mass is 316 g/mol. The summed E-state index contributed by atoms with van der Waals surface area (Å²) in [5, 5.41) is 9.59. The molecule has 5 nitrogen and oxygen atoms in total. The van der Waals surface area contributed by atoms with Gasteiger partial charge in [-0.25, -0.2) is 0 Å². The Bertz CT molecular complexity index is 1020. The highest BCUT2D eigenvalue weighted by Crippen LogP contribution is 2.35. The summed E-state index contributed by atoms with van der Waals surface area (Å²) in [5.41, 5.74) is 2.38. The lowest BCUT2D eigenvalue weighted by atomic mass is 10.1. The van der Waals surface area contributed by atoms with Crippen molar-refractivity contribution in [3.05, 3.63) is 65.5 Å². The second kappa shape index (κ2) is 5.60. The molecule has 0 saturated heterocycles. The third-order valence-corrected chi connectivity index (χ3v) is 3.85. The van der Waals surface area contributed by atoms with Gasteiger partial charge in [0.2, 0.25) is 5.78 Å². The first kappa shape index (κ1) is 14.1. The molecule has 3 aromatic rings. The Morgan fingerprint density at radius 3 is 3.00 bits per heavy atom. The average molecular weight is 316 g/mol. The molecular weight excluding hydrogens is 304 g/mol. The molecule has 116 valence electrons. The summed E-state index contributed by atoms with van der Waals surface area (Å²) in [6.45, 7) is -0.0508. The minimum atomic E-state index is -0.165. The maximum atomic E-state index is 12.5. The molecule has 1 aromatic heterocycles. The van der Waals surface area contributed by atoms with Crippen LogP contribution in [0.1, 0.15) is 15.9 Å². The smallest absolute Gasteiger partial charge is 0.231 e. The second-order valence-corrected chi connectivity index (χ2v) is 5.33. The van der Waals surface area contributed by atoms with E-state index in [1.165, 1.54) is 0 Å². The number of carbonyl (C=O) groups is 1. The van der Waals surface area contributed by atoms with Crippen molar-refractivity contribution < 1.29 is 14.3 Å². The number of ether oxygens (including phenoxy) is 2. The third kappa shape index (κ3) is 2.31. The number of aromatic nitrogens is 1. The maximum absolute atomic E-state index is 12.5. The van der Waals surface area contributed by atoms with Crippen molar-refractivity contribution in [3.63, 3.8) is 0 Å². The number of allylic oxidation sites excluding steroid dienone is 1. The van der Waals surface area contributed by atoms with E-state index in [-0.39, 0.29) is 18.1 Å². The molecule has 2 heterocycles. The van der Waals surface area contributed by atoms with Gasteiger partial charge in [-0.1, -0.05) is 18.2 Å². The summed E-state index contributed by atoms with van der Waals surface area (Å²) in [5.74, 6) is 1.05. The summed E-state index contributed by atoms with van der Waals surface area (Å²) in [6.07, 6.45) is 3.58. The normalized spacial score (nSPS) is 14.5. The van der Waals surface area contributed by atoms with Crippen LogP contribution in [0, 0.1) is 11.3 Å². The molecule has 0 bridgehead atoms. The standard InChI is InChI=1S/C19H12N2O3/c20-7-8-23-13-5-6-15-17(10-13)24-18(19(15)22)9-12-11-21-16-4-2-1-3-14(12)16/h1-6,9-11,21H,8H2. The van der Waals surface area contributed by atoms with Gasteiger partial charge < -0.3 is 14.5 Å². The summed E-state index contributed by atoms with van der Waals surface area (Å²) in [7, 11) is 0. The molecular formula is C19H12N2O3. The zero-order valence-electron chi connectivity index (χ0n) is 12.6. The van der Waals surface area contributed by atoms with Crippen LogP contribution in [-0.4, -0.2) is 17.4 Å². The SMILES string of the molecule is N#CCOc1ccc2c(c1)OC(=Cc1c[nH]c3ccccc13)C2=O. The van der Waals surface area contributed by atoms with Crippen molar-refractivity contribution in [2.75, 3.05) is 6.61 Å². The van der Waals surface area contributed by atoms with Crippen LogP contribution in [0.5, 0.6) is 11.5 Å². The summed E-state index contributed by atoms with van der Waals surface area (Å²) in [6, 6.07) is 14.7. The van der Waals surface area contributed by atoms with Crippen LogP contribution in [0.25, 0.3) is 17.0 Å². The largest absolute Gasteiger partial charge is 0.479 e. The van der Waals surface area contributed by atoms with E-state index in [1.54, 1.807) is 24.3 Å². The molecule has 0 unspecified atom stereocenters. The second-order valence-electron chi connectivity index (χ2n) is 5.33. The first-order valence-electron chi connectivity index (χ1n) is 7.40. The van der Waals surface area contributed by atoms with Gasteiger partial charge in [0.05, 0.1) is 5.56 Å². The Kier molecular flexibility index (Phi) is 3.29. The third-order valence-electron chi connectivity index (χ3n) is 3.85. The van der Waals surface area contributed by atoms with Gasteiger partial charge in [0.25, 0.3) is 0 Å². The highest BCUT2D eigenvalue weighted by Gasteiger charge is 2.28. The number of fused-ring (bicyclic) bond motifs is 2.